The number of carbonyl (C=O) groups is 1. The molecule has 3 rings (SSSR count). The van der Waals surface area contributed by atoms with Crippen LogP contribution in [-0.4, -0.2) is 46.8 Å². The average Bonchev–Trinajstić information content (AvgIpc) is 2.92. The number of rotatable bonds is 4. The van der Waals surface area contributed by atoms with Crippen LogP contribution in [0.5, 0.6) is 0 Å². The first-order chi connectivity index (χ1) is 12.4. The molecule has 0 unspecified atom stereocenters. The number of aryl methyl sites for hydroxylation is 1. The van der Waals surface area contributed by atoms with E-state index in [0.29, 0.717) is 22.5 Å². The summed E-state index contributed by atoms with van der Waals surface area (Å²) in [6.45, 7) is 5.86. The first-order valence-corrected chi connectivity index (χ1v) is 9.61. The van der Waals surface area contributed by atoms with Crippen LogP contribution < -0.4 is 5.32 Å². The van der Waals surface area contributed by atoms with Crippen molar-refractivity contribution in [2.75, 3.05) is 20.1 Å². The summed E-state index contributed by atoms with van der Waals surface area (Å²) in [6, 6.07) is 5.73. The van der Waals surface area contributed by atoms with Gasteiger partial charge in [0.2, 0.25) is 5.91 Å². The molecule has 0 aliphatic carbocycles. The molecule has 1 N–H and O–H groups in total. The SMILES string of the molecule is Cc1nn(-c2ccc(Cl)c(Cl)c2)c(C)c1CC(=O)N(C)C1CCNCC1. The van der Waals surface area contributed by atoms with Crippen molar-refractivity contribution in [2.24, 2.45) is 0 Å². The molecular weight excluding hydrogens is 371 g/mol. The molecule has 1 fully saturated rings. The normalized spacial score (nSPS) is 15.3. The van der Waals surface area contributed by atoms with E-state index in [2.05, 4.69) is 10.4 Å². The number of hydrogen-bond donors (Lipinski definition) is 1. The standard InChI is InChI=1S/C19H24Cl2N4O/c1-12-16(11-19(26)24(3)14-6-8-22-9-7-14)13(2)25(23-12)15-4-5-17(20)18(21)10-15/h4-5,10,14,22H,6-9,11H2,1-3H3. The predicted octanol–water partition coefficient (Wildman–Crippen LogP) is 3.55. The fraction of sp³-hybridized carbons (Fsp3) is 0.474. The van der Waals surface area contributed by atoms with Gasteiger partial charge in [-0.25, -0.2) is 4.68 Å². The number of amides is 1. The van der Waals surface area contributed by atoms with Crippen molar-refractivity contribution in [2.45, 2.75) is 39.2 Å². The highest BCUT2D eigenvalue weighted by Crippen LogP contribution is 2.26. The Bertz CT molecular complexity index is 812. The largest absolute Gasteiger partial charge is 0.342 e. The molecule has 26 heavy (non-hydrogen) atoms. The lowest BCUT2D eigenvalue weighted by molar-refractivity contribution is -0.131. The van der Waals surface area contributed by atoms with E-state index in [1.165, 1.54) is 0 Å². The van der Waals surface area contributed by atoms with E-state index in [1.54, 1.807) is 12.1 Å². The molecule has 140 valence electrons. The van der Waals surface area contributed by atoms with Crippen LogP contribution in [0.15, 0.2) is 18.2 Å². The number of nitrogens with one attached hydrogen (secondary N) is 1. The van der Waals surface area contributed by atoms with Gasteiger partial charge >= 0.3 is 0 Å². The lowest BCUT2D eigenvalue weighted by atomic mass is 10.0. The van der Waals surface area contributed by atoms with E-state index in [0.717, 1.165) is 48.6 Å². The fourth-order valence-electron chi connectivity index (χ4n) is 3.47. The summed E-state index contributed by atoms with van der Waals surface area (Å²) in [7, 11) is 1.91. The summed E-state index contributed by atoms with van der Waals surface area (Å²) < 4.78 is 1.82. The minimum Gasteiger partial charge on any atom is -0.342 e. The van der Waals surface area contributed by atoms with E-state index in [-0.39, 0.29) is 5.91 Å². The van der Waals surface area contributed by atoms with Crippen molar-refractivity contribution < 1.29 is 4.79 Å². The third-order valence-corrected chi connectivity index (χ3v) is 5.91. The van der Waals surface area contributed by atoms with Gasteiger partial charge in [-0.05, 0) is 58.0 Å². The van der Waals surface area contributed by atoms with E-state index < -0.39 is 0 Å². The number of halogens is 2. The molecule has 2 heterocycles. The molecule has 7 heteroatoms. The van der Waals surface area contributed by atoms with E-state index in [4.69, 9.17) is 23.2 Å². The molecule has 0 bridgehead atoms. The minimum atomic E-state index is 0.136. The van der Waals surface area contributed by atoms with Crippen molar-refractivity contribution in [1.29, 1.82) is 0 Å². The second-order valence-electron chi connectivity index (χ2n) is 6.82. The van der Waals surface area contributed by atoms with Crippen molar-refractivity contribution in [3.63, 3.8) is 0 Å². The monoisotopic (exact) mass is 394 g/mol. The summed E-state index contributed by atoms with van der Waals surface area (Å²) in [4.78, 5) is 14.7. The zero-order valence-corrected chi connectivity index (χ0v) is 16.9. The number of likely N-dealkylation sites (N-methyl/N-ethyl adjacent to an activating group) is 1. The van der Waals surface area contributed by atoms with Gasteiger partial charge in [-0.1, -0.05) is 23.2 Å². The highest BCUT2D eigenvalue weighted by molar-refractivity contribution is 6.42. The lowest BCUT2D eigenvalue weighted by Gasteiger charge is -2.31. The number of carbonyl (C=O) groups excluding carboxylic acids is 1. The molecule has 1 amide bonds. The van der Waals surface area contributed by atoms with Gasteiger partial charge in [0.25, 0.3) is 0 Å². The predicted molar refractivity (Wildman–Crippen MR) is 105 cm³/mol. The smallest absolute Gasteiger partial charge is 0.227 e. The number of piperidine rings is 1. The molecular formula is C19H24Cl2N4O. The molecule has 1 aromatic carbocycles. The van der Waals surface area contributed by atoms with Gasteiger partial charge in [-0.3, -0.25) is 4.79 Å². The number of benzene rings is 1. The quantitative estimate of drug-likeness (QED) is 0.862. The number of hydrogen-bond acceptors (Lipinski definition) is 3. The van der Waals surface area contributed by atoms with Crippen LogP contribution in [0.3, 0.4) is 0 Å². The molecule has 1 aliphatic heterocycles. The van der Waals surface area contributed by atoms with Crippen LogP contribution >= 0.6 is 23.2 Å². The Kier molecular flexibility index (Phi) is 5.90. The first-order valence-electron chi connectivity index (χ1n) is 8.85. The fourth-order valence-corrected chi connectivity index (χ4v) is 3.76. The van der Waals surface area contributed by atoms with Crippen LogP contribution in [-0.2, 0) is 11.2 Å². The van der Waals surface area contributed by atoms with Crippen LogP contribution in [0.25, 0.3) is 5.69 Å². The van der Waals surface area contributed by atoms with Crippen LogP contribution in [0.4, 0.5) is 0 Å². The lowest BCUT2D eigenvalue weighted by Crippen LogP contribution is -2.44. The number of aromatic nitrogens is 2. The van der Waals surface area contributed by atoms with Crippen LogP contribution in [0, 0.1) is 13.8 Å². The van der Waals surface area contributed by atoms with Crippen molar-refractivity contribution in [3.05, 3.63) is 45.2 Å². The summed E-state index contributed by atoms with van der Waals surface area (Å²) >= 11 is 12.1. The molecule has 1 aliphatic rings. The van der Waals surface area contributed by atoms with Gasteiger partial charge in [-0.2, -0.15) is 5.10 Å². The van der Waals surface area contributed by atoms with Crippen molar-refractivity contribution in [1.82, 2.24) is 20.0 Å². The third-order valence-electron chi connectivity index (χ3n) is 5.17. The molecule has 0 saturated carbocycles. The third kappa shape index (κ3) is 3.90. The number of nitrogens with zero attached hydrogens (tertiary/aromatic N) is 3. The van der Waals surface area contributed by atoms with Crippen molar-refractivity contribution >= 4 is 29.1 Å². The average molecular weight is 395 g/mol. The van der Waals surface area contributed by atoms with Crippen molar-refractivity contribution in [3.8, 4) is 5.69 Å². The minimum absolute atomic E-state index is 0.136. The Morgan fingerprint density at radius 1 is 1.27 bits per heavy atom. The van der Waals surface area contributed by atoms with E-state index in [9.17, 15) is 4.79 Å². The second-order valence-corrected chi connectivity index (χ2v) is 7.64. The van der Waals surface area contributed by atoms with Crippen LogP contribution in [0.2, 0.25) is 10.0 Å². The summed E-state index contributed by atoms with van der Waals surface area (Å²) in [5.41, 5.74) is 3.63. The zero-order valence-electron chi connectivity index (χ0n) is 15.4. The topological polar surface area (TPSA) is 50.2 Å². The van der Waals surface area contributed by atoms with Gasteiger partial charge in [-0.15, -0.1) is 0 Å². The molecule has 2 aromatic rings. The van der Waals surface area contributed by atoms with Gasteiger partial charge in [0.15, 0.2) is 0 Å². The first kappa shape index (κ1) is 19.2. The molecule has 0 radical (unpaired) electrons. The maximum atomic E-state index is 12.8. The maximum Gasteiger partial charge on any atom is 0.227 e. The van der Waals surface area contributed by atoms with Gasteiger partial charge in [0.05, 0.1) is 27.8 Å². The maximum absolute atomic E-state index is 12.8. The highest BCUT2D eigenvalue weighted by Gasteiger charge is 2.24. The molecule has 0 atom stereocenters. The van der Waals surface area contributed by atoms with E-state index in [1.807, 2.05) is 36.5 Å². The zero-order chi connectivity index (χ0) is 18.8. The van der Waals surface area contributed by atoms with Gasteiger partial charge in [0, 0.05) is 24.3 Å². The van der Waals surface area contributed by atoms with Crippen LogP contribution in [0.1, 0.15) is 29.8 Å². The molecule has 0 spiro atoms. The Labute approximate surface area is 164 Å². The van der Waals surface area contributed by atoms with Gasteiger partial charge in [0.1, 0.15) is 0 Å². The Balaban J connectivity index is 1.81. The molecule has 1 aromatic heterocycles. The Morgan fingerprint density at radius 3 is 2.62 bits per heavy atom. The molecule has 5 nitrogen and oxygen atoms in total. The highest BCUT2D eigenvalue weighted by atomic mass is 35.5. The summed E-state index contributed by atoms with van der Waals surface area (Å²) in [6.07, 6.45) is 2.37. The summed E-state index contributed by atoms with van der Waals surface area (Å²) in [5.74, 6) is 0.136. The summed E-state index contributed by atoms with van der Waals surface area (Å²) in [5, 5.41) is 8.94. The Morgan fingerprint density at radius 2 is 1.96 bits per heavy atom. The molecule has 1 saturated heterocycles. The van der Waals surface area contributed by atoms with Gasteiger partial charge < -0.3 is 10.2 Å². The van der Waals surface area contributed by atoms with E-state index >= 15 is 0 Å². The Hall–Kier alpha value is -1.56. The second kappa shape index (κ2) is 7.99.